The van der Waals surface area contributed by atoms with E-state index < -0.39 is 53.7 Å². The predicted molar refractivity (Wildman–Crippen MR) is 168 cm³/mol. The van der Waals surface area contributed by atoms with E-state index in [0.29, 0.717) is 38.5 Å². The Balaban J connectivity index is 1.66. The van der Waals surface area contributed by atoms with Crippen LogP contribution in [-0.2, 0) is 30.3 Å². The average Bonchev–Trinajstić information content (AvgIpc) is 3.04. The van der Waals surface area contributed by atoms with Gasteiger partial charge in [-0.2, -0.15) is 0 Å². The molecule has 8 heteroatoms. The van der Waals surface area contributed by atoms with Gasteiger partial charge in [0.1, 0.15) is 12.1 Å². The van der Waals surface area contributed by atoms with Crippen LogP contribution in [0, 0.1) is 23.7 Å². The fraction of sp³-hybridized carbons (Fsp3) is 0.639. The Hall–Kier alpha value is -2.81. The van der Waals surface area contributed by atoms with Crippen molar-refractivity contribution in [2.24, 2.45) is 23.7 Å². The first-order chi connectivity index (χ1) is 21.1. The van der Waals surface area contributed by atoms with E-state index >= 15 is 0 Å². The molecule has 2 saturated heterocycles. The molecule has 3 aliphatic heterocycles. The number of hydrogen-bond acceptors (Lipinski definition) is 7. The molecule has 242 valence electrons. The topological polar surface area (TPSA) is 113 Å². The Kier molecular flexibility index (Phi) is 12.0. The standard InChI is InChI=1S/C36H51NO7/c1-5-28(23-27-16-10-8-11-17-27)31-19-12-7-6-9-15-24(2)32(38)26(4)30-21-20-25(3)36(42,44-30)33(39)34(40)37-22-14-13-18-29(37)35(41)43-31/h6-12,16-17,24-26,28-32,38,42H,5,13-15,18-23H2,1-4H3/b9-6+,12-7-/t24-,25-,26+,28-,29+,30+,31+,32+,36-/m1/s1. The number of hydrogen-bond donors (Lipinski definition) is 2. The number of aliphatic hydroxyl groups excluding tert-OH is 1. The highest BCUT2D eigenvalue weighted by Crippen LogP contribution is 2.38. The number of fused-ring (bicyclic) bond motifs is 3. The molecule has 1 amide bonds. The molecule has 9 atom stereocenters. The van der Waals surface area contributed by atoms with Crippen molar-refractivity contribution in [1.29, 1.82) is 0 Å². The molecule has 2 N–H and O–H groups in total. The second-order valence-corrected chi connectivity index (χ2v) is 13.2. The van der Waals surface area contributed by atoms with Gasteiger partial charge in [0, 0.05) is 30.7 Å². The lowest BCUT2D eigenvalue weighted by Gasteiger charge is -2.44. The summed E-state index contributed by atoms with van der Waals surface area (Å²) in [6, 6.07) is 9.20. The van der Waals surface area contributed by atoms with Crippen LogP contribution in [0.2, 0.25) is 0 Å². The van der Waals surface area contributed by atoms with Crippen LogP contribution in [0.25, 0.3) is 0 Å². The number of esters is 1. The number of ether oxygens (including phenoxy) is 2. The maximum Gasteiger partial charge on any atom is 0.329 e. The number of aliphatic hydroxyl groups is 2. The summed E-state index contributed by atoms with van der Waals surface area (Å²) in [5, 5.41) is 22.8. The van der Waals surface area contributed by atoms with Gasteiger partial charge in [0.2, 0.25) is 5.79 Å². The molecule has 3 heterocycles. The smallest absolute Gasteiger partial charge is 0.329 e. The lowest BCUT2D eigenvalue weighted by molar-refractivity contribution is -0.274. The van der Waals surface area contributed by atoms with Gasteiger partial charge in [0.05, 0.1) is 12.2 Å². The molecule has 0 radical (unpaired) electrons. The molecular formula is C36H51NO7. The molecule has 4 rings (SSSR count). The third kappa shape index (κ3) is 7.88. The van der Waals surface area contributed by atoms with Gasteiger partial charge >= 0.3 is 5.97 Å². The van der Waals surface area contributed by atoms with Gasteiger partial charge in [-0.1, -0.05) is 82.3 Å². The fourth-order valence-electron chi connectivity index (χ4n) is 6.93. The van der Waals surface area contributed by atoms with Gasteiger partial charge in [-0.05, 0) is 62.8 Å². The minimum Gasteiger partial charge on any atom is -0.460 e. The van der Waals surface area contributed by atoms with E-state index in [-0.39, 0.29) is 24.3 Å². The Labute approximate surface area is 262 Å². The summed E-state index contributed by atoms with van der Waals surface area (Å²) in [5.74, 6) is -5.86. The van der Waals surface area contributed by atoms with Gasteiger partial charge in [-0.3, -0.25) is 9.59 Å². The number of cyclic esters (lactones) is 1. The minimum absolute atomic E-state index is 0.0456. The molecule has 3 aliphatic rings. The molecular weight excluding hydrogens is 558 g/mol. The Morgan fingerprint density at radius 1 is 0.977 bits per heavy atom. The first-order valence-corrected chi connectivity index (χ1v) is 16.6. The molecule has 0 spiro atoms. The number of ketones is 1. The zero-order valence-electron chi connectivity index (χ0n) is 26.8. The number of carbonyl (C=O) groups excluding carboxylic acids is 3. The maximum atomic E-state index is 13.8. The van der Waals surface area contributed by atoms with Gasteiger partial charge in [0.25, 0.3) is 11.7 Å². The number of Topliss-reactive ketones (excluding diaryl/α,β-unsaturated/α-hetero) is 1. The molecule has 0 aromatic heterocycles. The van der Waals surface area contributed by atoms with Gasteiger partial charge in [-0.25, -0.2) is 4.79 Å². The minimum atomic E-state index is -2.33. The number of nitrogens with zero attached hydrogens (tertiary/aromatic N) is 1. The largest absolute Gasteiger partial charge is 0.460 e. The number of piperidine rings is 1. The molecule has 2 bridgehead atoms. The van der Waals surface area contributed by atoms with Gasteiger partial charge < -0.3 is 24.6 Å². The van der Waals surface area contributed by atoms with Crippen molar-refractivity contribution in [2.45, 2.75) is 116 Å². The number of allylic oxidation sites excluding steroid dienone is 3. The monoisotopic (exact) mass is 609 g/mol. The summed E-state index contributed by atoms with van der Waals surface area (Å²) < 4.78 is 12.3. The quantitative estimate of drug-likeness (QED) is 0.358. The van der Waals surface area contributed by atoms with E-state index in [9.17, 15) is 24.6 Å². The first-order valence-electron chi connectivity index (χ1n) is 16.6. The number of carbonyl (C=O) groups is 3. The second kappa shape index (κ2) is 15.5. The van der Waals surface area contributed by atoms with Crippen molar-refractivity contribution >= 4 is 17.7 Å². The molecule has 2 fully saturated rings. The zero-order valence-corrected chi connectivity index (χ0v) is 26.8. The van der Waals surface area contributed by atoms with E-state index in [0.717, 1.165) is 24.8 Å². The normalized spacial score (nSPS) is 36.6. The molecule has 0 unspecified atom stereocenters. The summed E-state index contributed by atoms with van der Waals surface area (Å²) in [5.41, 5.74) is 1.16. The average molecular weight is 610 g/mol. The van der Waals surface area contributed by atoms with E-state index in [2.05, 4.69) is 19.1 Å². The number of amides is 1. The van der Waals surface area contributed by atoms with E-state index in [4.69, 9.17) is 9.47 Å². The highest BCUT2D eigenvalue weighted by Gasteiger charge is 2.54. The summed E-state index contributed by atoms with van der Waals surface area (Å²) >= 11 is 0. The van der Waals surface area contributed by atoms with E-state index in [1.165, 1.54) is 4.90 Å². The Morgan fingerprint density at radius 3 is 2.39 bits per heavy atom. The van der Waals surface area contributed by atoms with Crippen LogP contribution in [-0.4, -0.2) is 69.5 Å². The first kappa shape index (κ1) is 34.1. The number of rotatable bonds is 4. The van der Waals surface area contributed by atoms with Crippen LogP contribution in [0.1, 0.15) is 84.6 Å². The van der Waals surface area contributed by atoms with Crippen LogP contribution in [0.3, 0.4) is 0 Å². The molecule has 44 heavy (non-hydrogen) atoms. The van der Waals surface area contributed by atoms with Crippen molar-refractivity contribution in [3.8, 4) is 0 Å². The van der Waals surface area contributed by atoms with Crippen molar-refractivity contribution in [1.82, 2.24) is 4.90 Å². The molecule has 1 aromatic carbocycles. The molecule has 0 saturated carbocycles. The lowest BCUT2D eigenvalue weighted by Crippen LogP contribution is -2.61. The summed E-state index contributed by atoms with van der Waals surface area (Å²) in [7, 11) is 0. The van der Waals surface area contributed by atoms with Gasteiger partial charge in [0.15, 0.2) is 0 Å². The third-order valence-corrected chi connectivity index (χ3v) is 10.1. The number of benzene rings is 1. The van der Waals surface area contributed by atoms with E-state index in [1.807, 2.05) is 56.4 Å². The van der Waals surface area contributed by atoms with Crippen LogP contribution in [0.15, 0.2) is 54.6 Å². The maximum absolute atomic E-state index is 13.8. The van der Waals surface area contributed by atoms with Crippen LogP contribution in [0.5, 0.6) is 0 Å². The zero-order chi connectivity index (χ0) is 31.9. The predicted octanol–water partition coefficient (Wildman–Crippen LogP) is 5.16. The van der Waals surface area contributed by atoms with Crippen molar-refractivity contribution in [3.63, 3.8) is 0 Å². The molecule has 8 nitrogen and oxygen atoms in total. The lowest BCUT2D eigenvalue weighted by atomic mass is 9.80. The fourth-order valence-corrected chi connectivity index (χ4v) is 6.93. The SMILES string of the molecule is CC[C@H](Cc1ccccc1)[C@@H]1C/C=C\C=C\C[C@@H](C)[C@H](O)[C@@H](C)[C@@H]2CC[C@@H](C)[C@@](O)(O2)C(=O)C(=O)N2CCCC[C@H]2C(=O)O1. The summed E-state index contributed by atoms with van der Waals surface area (Å²) in [6.45, 7) is 7.83. The second-order valence-electron chi connectivity index (χ2n) is 13.2. The van der Waals surface area contributed by atoms with Crippen molar-refractivity contribution in [2.75, 3.05) is 6.54 Å². The summed E-state index contributed by atoms with van der Waals surface area (Å²) in [6.07, 6.45) is 11.6. The highest BCUT2D eigenvalue weighted by atomic mass is 16.6. The van der Waals surface area contributed by atoms with E-state index in [1.54, 1.807) is 6.92 Å². The Bertz CT molecular complexity index is 1180. The van der Waals surface area contributed by atoms with Crippen molar-refractivity contribution < 1.29 is 34.1 Å². The van der Waals surface area contributed by atoms with Crippen LogP contribution >= 0.6 is 0 Å². The highest BCUT2D eigenvalue weighted by molar-refractivity contribution is 6.39. The van der Waals surface area contributed by atoms with Gasteiger partial charge in [-0.15, -0.1) is 0 Å². The third-order valence-electron chi connectivity index (χ3n) is 10.1. The van der Waals surface area contributed by atoms with Crippen LogP contribution in [0.4, 0.5) is 0 Å². The van der Waals surface area contributed by atoms with Crippen LogP contribution < -0.4 is 0 Å². The Morgan fingerprint density at radius 2 is 1.68 bits per heavy atom. The molecule has 0 aliphatic carbocycles. The molecule has 1 aromatic rings. The van der Waals surface area contributed by atoms with Crippen molar-refractivity contribution in [3.05, 3.63) is 60.2 Å². The summed E-state index contributed by atoms with van der Waals surface area (Å²) in [4.78, 5) is 42.6.